The number of alkyl halides is 3. The number of aromatic nitrogens is 4. The molecular weight excluding hydrogens is 882 g/mol. The van der Waals surface area contributed by atoms with Gasteiger partial charge in [-0.25, -0.2) is 22.9 Å². The van der Waals surface area contributed by atoms with Crippen LogP contribution < -0.4 is 30.8 Å². The average molecular weight is 941 g/mol. The molecule has 8 rings (SSSR count). The zero-order chi connectivity index (χ0) is 47.1. The molecule has 358 valence electrons. The van der Waals surface area contributed by atoms with Gasteiger partial charge in [0.1, 0.15) is 17.4 Å². The topological polar surface area (TPSA) is 196 Å². The standard InChI is InChI=1S/C45H59F3N10O7S/c1-28-23-32(13-14-34(28)50-42-49-24-33(45(46,47)48)40(52-42)57-18-6-17-44(3,62)27-57)66(63,64)53-29(2)26-65-31-11-9-30(10-12-31)25-55-19-21-56(22-20-55)35-7-5-8-36-39(35)54(4)43(61)58(36)37-15-16-38(59)51-41(37)60/h5,7-8,13-14,23-24,29-31,37,53,62H,6,9-12,15-22,25-27H2,1-4H3,(H,49,50,52)(H,51,59,60)/t29?,30?,31?,37?,44-/m0/s1. The van der Waals surface area contributed by atoms with Crippen LogP contribution in [0.2, 0.25) is 0 Å². The zero-order valence-electron chi connectivity index (χ0n) is 37.7. The van der Waals surface area contributed by atoms with Gasteiger partial charge < -0.3 is 25.0 Å². The van der Waals surface area contributed by atoms with Crippen molar-refractivity contribution in [2.24, 2.45) is 13.0 Å². The minimum Gasteiger partial charge on any atom is -0.388 e. The van der Waals surface area contributed by atoms with Gasteiger partial charge in [-0.1, -0.05) is 6.07 Å². The smallest absolute Gasteiger partial charge is 0.388 e. The Morgan fingerprint density at radius 2 is 1.76 bits per heavy atom. The Hall–Kier alpha value is -5.09. The maximum absolute atomic E-state index is 14.0. The van der Waals surface area contributed by atoms with E-state index in [1.807, 2.05) is 18.2 Å². The number of β-amino-alcohol motifs (C(OH)–C–C–N with tert-alkyl or cyclic N) is 1. The summed E-state index contributed by atoms with van der Waals surface area (Å²) in [5, 5.41) is 15.9. The van der Waals surface area contributed by atoms with Gasteiger partial charge in [0.15, 0.2) is 0 Å². The van der Waals surface area contributed by atoms with Crippen LogP contribution in [0.25, 0.3) is 11.0 Å². The molecule has 2 aromatic heterocycles. The predicted molar refractivity (Wildman–Crippen MR) is 242 cm³/mol. The summed E-state index contributed by atoms with van der Waals surface area (Å²) in [5.74, 6) is -0.690. The van der Waals surface area contributed by atoms with Gasteiger partial charge in [-0.2, -0.15) is 18.2 Å². The van der Waals surface area contributed by atoms with Gasteiger partial charge in [-0.3, -0.25) is 28.9 Å². The second-order valence-electron chi connectivity index (χ2n) is 18.7. The zero-order valence-corrected chi connectivity index (χ0v) is 38.6. The van der Waals surface area contributed by atoms with Crippen molar-refractivity contribution in [2.75, 3.05) is 67.5 Å². The summed E-state index contributed by atoms with van der Waals surface area (Å²) < 4.78 is 80.8. The summed E-state index contributed by atoms with van der Waals surface area (Å²) in [5.41, 5.74) is 0.874. The maximum atomic E-state index is 14.0. The number of piperidine rings is 2. The highest BCUT2D eigenvalue weighted by Crippen LogP contribution is 2.38. The molecule has 0 radical (unpaired) electrons. The Kier molecular flexibility index (Phi) is 13.6. The van der Waals surface area contributed by atoms with Crippen molar-refractivity contribution in [3.8, 4) is 0 Å². The molecule has 3 atom stereocenters. The first-order chi connectivity index (χ1) is 31.3. The summed E-state index contributed by atoms with van der Waals surface area (Å²) in [4.78, 5) is 52.3. The third-order valence-corrected chi connectivity index (χ3v) is 15.0. The SMILES string of the molecule is Cc1cc(S(=O)(=O)NC(C)COC2CCC(CN3CCN(c4cccc5c4n(C)c(=O)n5C4CCC(=O)NC4=O)CC3)CC2)ccc1Nc1ncc(C(F)(F)F)c(N2CCC[C@](C)(O)C2)n1. The normalized spacial score (nSPS) is 24.2. The number of piperazine rings is 1. The molecule has 2 aromatic carbocycles. The van der Waals surface area contributed by atoms with E-state index in [-0.39, 0.29) is 60.4 Å². The van der Waals surface area contributed by atoms with E-state index in [4.69, 9.17) is 4.74 Å². The van der Waals surface area contributed by atoms with E-state index < -0.39 is 45.4 Å². The molecule has 0 bridgehead atoms. The number of aryl methyl sites for hydroxylation is 2. The Balaban J connectivity index is 0.793. The van der Waals surface area contributed by atoms with Crippen LogP contribution in [0, 0.1) is 12.8 Å². The quantitative estimate of drug-likeness (QED) is 0.136. The van der Waals surface area contributed by atoms with E-state index >= 15 is 0 Å². The predicted octanol–water partition coefficient (Wildman–Crippen LogP) is 4.59. The first-order valence-electron chi connectivity index (χ1n) is 22.7. The molecule has 5 heterocycles. The lowest BCUT2D eigenvalue weighted by Crippen LogP contribution is -2.48. The fourth-order valence-corrected chi connectivity index (χ4v) is 11.2. The van der Waals surface area contributed by atoms with Crippen molar-refractivity contribution in [3.05, 3.63) is 64.2 Å². The molecule has 4 N–H and O–H groups in total. The Morgan fingerprint density at radius 3 is 2.44 bits per heavy atom. The molecule has 1 saturated carbocycles. The summed E-state index contributed by atoms with van der Waals surface area (Å²) >= 11 is 0. The summed E-state index contributed by atoms with van der Waals surface area (Å²) in [7, 11) is -2.22. The maximum Gasteiger partial charge on any atom is 0.421 e. The van der Waals surface area contributed by atoms with Gasteiger partial charge in [0.05, 0.1) is 39.9 Å². The Bertz CT molecular complexity index is 2620. The lowest BCUT2D eigenvalue weighted by molar-refractivity contribution is -0.138. The second-order valence-corrected chi connectivity index (χ2v) is 20.4. The van der Waals surface area contributed by atoms with E-state index in [1.54, 1.807) is 32.4 Å². The minimum atomic E-state index is -4.71. The van der Waals surface area contributed by atoms with Crippen LogP contribution in [-0.4, -0.2) is 120 Å². The molecule has 4 fully saturated rings. The van der Waals surface area contributed by atoms with E-state index in [2.05, 4.69) is 35.1 Å². The summed E-state index contributed by atoms with van der Waals surface area (Å²) in [6, 6.07) is 8.94. The molecule has 4 aliphatic rings. The average Bonchev–Trinajstić information content (AvgIpc) is 3.52. The number of amides is 2. The van der Waals surface area contributed by atoms with Crippen LogP contribution in [0.3, 0.4) is 0 Å². The molecule has 4 aromatic rings. The molecule has 1 aliphatic carbocycles. The molecule has 2 unspecified atom stereocenters. The number of ether oxygens (including phenoxy) is 1. The van der Waals surface area contributed by atoms with Crippen molar-refractivity contribution in [1.29, 1.82) is 0 Å². The van der Waals surface area contributed by atoms with Gasteiger partial charge in [0.25, 0.3) is 0 Å². The van der Waals surface area contributed by atoms with Crippen LogP contribution >= 0.6 is 0 Å². The van der Waals surface area contributed by atoms with Crippen molar-refractivity contribution in [2.45, 2.75) is 107 Å². The van der Waals surface area contributed by atoms with Gasteiger partial charge >= 0.3 is 11.9 Å². The Morgan fingerprint density at radius 1 is 1.02 bits per heavy atom. The van der Waals surface area contributed by atoms with Crippen molar-refractivity contribution in [3.63, 3.8) is 0 Å². The number of rotatable bonds is 13. The highest BCUT2D eigenvalue weighted by atomic mass is 32.2. The van der Waals surface area contributed by atoms with Gasteiger partial charge in [-0.15, -0.1) is 0 Å². The molecule has 2 amide bonds. The second kappa shape index (κ2) is 18.9. The number of nitrogens with zero attached hydrogens (tertiary/aromatic N) is 7. The fraction of sp³-hybridized carbons (Fsp3) is 0.578. The summed E-state index contributed by atoms with van der Waals surface area (Å²) in [6.45, 7) is 9.76. The highest BCUT2D eigenvalue weighted by Gasteiger charge is 2.40. The number of halogens is 3. The number of hydrogen-bond acceptors (Lipinski definition) is 13. The third kappa shape index (κ3) is 10.4. The van der Waals surface area contributed by atoms with Crippen molar-refractivity contribution in [1.82, 2.24) is 34.0 Å². The van der Waals surface area contributed by atoms with E-state index in [0.29, 0.717) is 42.1 Å². The number of imide groups is 1. The number of anilines is 4. The minimum absolute atomic E-state index is 0.0159. The van der Waals surface area contributed by atoms with Crippen molar-refractivity contribution < 1.29 is 41.0 Å². The molecule has 3 aliphatic heterocycles. The number of carbonyl (C=O) groups is 2. The number of hydrogen-bond donors (Lipinski definition) is 4. The Labute approximate surface area is 381 Å². The van der Waals surface area contributed by atoms with Crippen LogP contribution in [0.4, 0.5) is 36.3 Å². The van der Waals surface area contributed by atoms with Crippen LogP contribution in [-0.2, 0) is 37.6 Å². The van der Waals surface area contributed by atoms with Gasteiger partial charge in [0, 0.05) is 77.2 Å². The molecule has 66 heavy (non-hydrogen) atoms. The first-order valence-corrected chi connectivity index (χ1v) is 24.2. The first kappa shape index (κ1) is 47.4. The largest absolute Gasteiger partial charge is 0.421 e. The highest BCUT2D eigenvalue weighted by molar-refractivity contribution is 7.89. The van der Waals surface area contributed by atoms with Crippen molar-refractivity contribution >= 4 is 56.0 Å². The number of carbonyl (C=O) groups excluding carboxylic acids is 2. The van der Waals surface area contributed by atoms with Crippen LogP contribution in [0.1, 0.15) is 82.4 Å². The van der Waals surface area contributed by atoms with E-state index in [1.165, 1.54) is 27.7 Å². The molecule has 0 spiro atoms. The van der Waals surface area contributed by atoms with E-state index in [0.717, 1.165) is 75.8 Å². The summed E-state index contributed by atoms with van der Waals surface area (Å²) in [6.07, 6.45) is 1.21. The van der Waals surface area contributed by atoms with E-state index in [9.17, 15) is 41.1 Å². The molecule has 21 heteroatoms. The lowest BCUT2D eigenvalue weighted by Gasteiger charge is -2.39. The monoisotopic (exact) mass is 940 g/mol. The lowest BCUT2D eigenvalue weighted by atomic mass is 9.87. The molecule has 17 nitrogen and oxygen atoms in total. The molecule has 3 saturated heterocycles. The van der Waals surface area contributed by atoms with Gasteiger partial charge in [0.2, 0.25) is 27.8 Å². The third-order valence-electron chi connectivity index (χ3n) is 13.4. The number of benzene rings is 2. The van der Waals surface area contributed by atoms with Crippen LogP contribution in [0.15, 0.2) is 52.3 Å². The van der Waals surface area contributed by atoms with Gasteiger partial charge in [-0.05, 0) is 108 Å². The number of nitrogens with one attached hydrogen (secondary N) is 3. The molecular formula is C45H59F3N10O7S. The number of para-hydroxylation sites is 1. The number of aliphatic hydroxyl groups is 1. The number of imidazole rings is 1. The van der Waals surface area contributed by atoms with Crippen LogP contribution in [0.5, 0.6) is 0 Å². The number of sulfonamides is 1. The fourth-order valence-electron chi connectivity index (χ4n) is 9.91. The number of fused-ring (bicyclic) bond motifs is 1.